The summed E-state index contributed by atoms with van der Waals surface area (Å²) >= 11 is 0. The van der Waals surface area contributed by atoms with Gasteiger partial charge in [-0.1, -0.05) is 0 Å². The van der Waals surface area contributed by atoms with E-state index in [2.05, 4.69) is 8.37 Å². The fourth-order valence-electron chi connectivity index (χ4n) is 2.03. The predicted octanol–water partition coefficient (Wildman–Crippen LogP) is 0.254. The highest BCUT2D eigenvalue weighted by atomic mass is 32.2. The number of hydrogen-bond acceptors (Lipinski definition) is 8. The van der Waals surface area contributed by atoms with Crippen LogP contribution in [0.3, 0.4) is 0 Å². The molecule has 0 aromatic carbocycles. The van der Waals surface area contributed by atoms with E-state index in [1.54, 1.807) is 0 Å². The van der Waals surface area contributed by atoms with Crippen LogP contribution < -0.4 is 0 Å². The summed E-state index contributed by atoms with van der Waals surface area (Å²) in [6, 6.07) is 0. The first-order valence-corrected chi connectivity index (χ1v) is 8.70. The van der Waals surface area contributed by atoms with E-state index < -0.39 is 68.9 Å². The highest BCUT2D eigenvalue weighted by Gasteiger charge is 2.57. The molecule has 24 heavy (non-hydrogen) atoms. The monoisotopic (exact) mass is 410 g/mol. The van der Waals surface area contributed by atoms with Crippen molar-refractivity contribution in [3.63, 3.8) is 0 Å². The molecule has 0 amide bonds. The Morgan fingerprint density at radius 2 is 1.00 bits per heavy atom. The molecule has 2 aliphatic heterocycles. The first-order chi connectivity index (χ1) is 10.7. The topological polar surface area (TPSA) is 105 Å². The number of rotatable bonds is 4. The van der Waals surface area contributed by atoms with Crippen LogP contribution in [-0.2, 0) is 38.1 Å². The second-order valence-electron chi connectivity index (χ2n) is 4.66. The molecule has 8 nitrogen and oxygen atoms in total. The highest BCUT2D eigenvalue weighted by molar-refractivity contribution is 7.87. The number of alkyl halides is 6. The summed E-state index contributed by atoms with van der Waals surface area (Å²) in [7, 11) is -12.0. The van der Waals surface area contributed by atoms with E-state index in [9.17, 15) is 43.2 Å². The molecule has 0 spiro atoms. The first-order valence-electron chi connectivity index (χ1n) is 5.88. The zero-order valence-electron chi connectivity index (χ0n) is 11.1. The molecule has 0 radical (unpaired) electrons. The summed E-state index contributed by atoms with van der Waals surface area (Å²) < 4.78 is 134. The van der Waals surface area contributed by atoms with E-state index in [1.165, 1.54) is 0 Å². The minimum atomic E-state index is -5.99. The second kappa shape index (κ2) is 5.94. The van der Waals surface area contributed by atoms with Gasteiger partial charge >= 0.3 is 31.3 Å². The van der Waals surface area contributed by atoms with Crippen molar-refractivity contribution in [1.82, 2.24) is 0 Å². The quantitative estimate of drug-likeness (QED) is 0.369. The molecular formula is C8H8F6O8S2. The van der Waals surface area contributed by atoms with Gasteiger partial charge in [0.1, 0.15) is 24.4 Å². The predicted molar refractivity (Wildman–Crippen MR) is 59.2 cm³/mol. The van der Waals surface area contributed by atoms with Gasteiger partial charge in [0.25, 0.3) is 0 Å². The fourth-order valence-corrected chi connectivity index (χ4v) is 3.23. The van der Waals surface area contributed by atoms with Gasteiger partial charge in [0.05, 0.1) is 13.2 Å². The molecule has 16 heteroatoms. The highest BCUT2D eigenvalue weighted by Crippen LogP contribution is 2.36. The van der Waals surface area contributed by atoms with Gasteiger partial charge in [-0.05, 0) is 0 Å². The standard InChI is InChI=1S/C8H8F6O8S2/c9-7(10,11)23(15,16)21-3-1-19-6-4(2-20-5(3)6)22-24(17,18)8(12,13)14/h3-6H,1-2H2/t3-,4+,5?,6?. The van der Waals surface area contributed by atoms with Crippen LogP contribution in [0.25, 0.3) is 0 Å². The Hall–Kier alpha value is -0.680. The van der Waals surface area contributed by atoms with E-state index in [0.29, 0.717) is 0 Å². The lowest BCUT2D eigenvalue weighted by molar-refractivity contribution is -0.0651. The van der Waals surface area contributed by atoms with Gasteiger partial charge in [0, 0.05) is 0 Å². The van der Waals surface area contributed by atoms with Crippen LogP contribution in [0.2, 0.25) is 0 Å². The Labute approximate surface area is 130 Å². The summed E-state index contributed by atoms with van der Waals surface area (Å²) in [6.07, 6.45) is -6.72. The van der Waals surface area contributed by atoms with Crippen molar-refractivity contribution in [3.05, 3.63) is 0 Å². The number of fused-ring (bicyclic) bond motifs is 1. The lowest BCUT2D eigenvalue weighted by Gasteiger charge is -2.18. The molecule has 4 atom stereocenters. The number of ether oxygens (including phenoxy) is 2. The van der Waals surface area contributed by atoms with Crippen LogP contribution in [0.1, 0.15) is 0 Å². The van der Waals surface area contributed by atoms with Crippen molar-refractivity contribution >= 4 is 20.2 Å². The minimum Gasteiger partial charge on any atom is -0.370 e. The Kier molecular flexibility index (Phi) is 4.86. The van der Waals surface area contributed by atoms with Crippen molar-refractivity contribution in [2.24, 2.45) is 0 Å². The maximum Gasteiger partial charge on any atom is 0.523 e. The molecule has 2 saturated heterocycles. The third-order valence-corrected chi connectivity index (χ3v) is 5.17. The first kappa shape index (κ1) is 19.6. The van der Waals surface area contributed by atoms with Crippen molar-refractivity contribution in [2.45, 2.75) is 35.4 Å². The van der Waals surface area contributed by atoms with Gasteiger partial charge in [-0.25, -0.2) is 0 Å². The third-order valence-electron chi connectivity index (χ3n) is 3.03. The van der Waals surface area contributed by atoms with Crippen molar-refractivity contribution in [1.29, 1.82) is 0 Å². The van der Waals surface area contributed by atoms with E-state index in [4.69, 9.17) is 9.47 Å². The van der Waals surface area contributed by atoms with Crippen molar-refractivity contribution in [2.75, 3.05) is 13.2 Å². The zero-order chi connectivity index (χ0) is 18.6. The molecule has 142 valence electrons. The summed E-state index contributed by atoms with van der Waals surface area (Å²) in [5, 5.41) is 0. The lowest BCUT2D eigenvalue weighted by atomic mass is 10.1. The molecule has 2 rings (SSSR count). The van der Waals surface area contributed by atoms with E-state index >= 15 is 0 Å². The molecule has 0 N–H and O–H groups in total. The van der Waals surface area contributed by atoms with Gasteiger partial charge < -0.3 is 9.47 Å². The number of halogens is 6. The van der Waals surface area contributed by atoms with Crippen molar-refractivity contribution < 1.29 is 61.0 Å². The molecule has 0 aromatic rings. The Balaban J connectivity index is 2.08. The molecule has 2 fully saturated rings. The van der Waals surface area contributed by atoms with Gasteiger partial charge in [0.2, 0.25) is 0 Å². The molecule has 2 heterocycles. The molecule has 0 saturated carbocycles. The molecule has 0 bridgehead atoms. The molecular weight excluding hydrogens is 402 g/mol. The van der Waals surface area contributed by atoms with Gasteiger partial charge in [-0.3, -0.25) is 8.37 Å². The average Bonchev–Trinajstić information content (AvgIpc) is 2.90. The van der Waals surface area contributed by atoms with Gasteiger partial charge in [-0.2, -0.15) is 43.2 Å². The average molecular weight is 410 g/mol. The van der Waals surface area contributed by atoms with Crippen LogP contribution in [0.5, 0.6) is 0 Å². The Bertz CT molecular complexity index is 622. The van der Waals surface area contributed by atoms with Gasteiger partial charge in [0.15, 0.2) is 0 Å². The summed E-state index contributed by atoms with van der Waals surface area (Å²) in [5.41, 5.74) is -11.4. The van der Waals surface area contributed by atoms with E-state index in [-0.39, 0.29) is 0 Å². The SMILES string of the molecule is O=S(=O)(O[C@H]1COC2C1OC[C@H]2OS(=O)(=O)C(F)(F)F)C(F)(F)F. The maximum atomic E-state index is 12.2. The normalized spacial score (nSPS) is 32.1. The maximum absolute atomic E-state index is 12.2. The molecule has 2 unspecified atom stereocenters. The Morgan fingerprint density at radius 1 is 0.708 bits per heavy atom. The van der Waals surface area contributed by atoms with Crippen molar-refractivity contribution in [3.8, 4) is 0 Å². The minimum absolute atomic E-state index is 0.781. The number of hydrogen-bond donors (Lipinski definition) is 0. The lowest BCUT2D eigenvalue weighted by Crippen LogP contribution is -2.39. The van der Waals surface area contributed by atoms with Crippen LogP contribution in [-0.4, -0.2) is 65.5 Å². The molecule has 0 aromatic heterocycles. The van der Waals surface area contributed by atoms with Gasteiger partial charge in [-0.15, -0.1) is 0 Å². The van der Waals surface area contributed by atoms with Crippen LogP contribution >= 0.6 is 0 Å². The fraction of sp³-hybridized carbons (Fsp3) is 1.00. The largest absolute Gasteiger partial charge is 0.523 e. The smallest absolute Gasteiger partial charge is 0.370 e. The van der Waals surface area contributed by atoms with Crippen LogP contribution in [0.15, 0.2) is 0 Å². The summed E-state index contributed by atoms with van der Waals surface area (Å²) in [5.74, 6) is 0. The van der Waals surface area contributed by atoms with E-state index in [1.807, 2.05) is 0 Å². The molecule has 0 aliphatic carbocycles. The summed E-state index contributed by atoms with van der Waals surface area (Å²) in [6.45, 7) is -1.56. The van der Waals surface area contributed by atoms with E-state index in [0.717, 1.165) is 0 Å². The van der Waals surface area contributed by atoms with Crippen LogP contribution in [0, 0.1) is 0 Å². The third kappa shape index (κ3) is 3.62. The second-order valence-corrected chi connectivity index (χ2v) is 7.79. The van der Waals surface area contributed by atoms with Crippen LogP contribution in [0.4, 0.5) is 26.3 Å². The zero-order valence-corrected chi connectivity index (χ0v) is 12.7. The molecule has 2 aliphatic rings. The Morgan fingerprint density at radius 3 is 1.25 bits per heavy atom. The summed E-state index contributed by atoms with van der Waals surface area (Å²) in [4.78, 5) is 0.